The molecule has 0 unspecified atom stereocenters. The summed E-state index contributed by atoms with van der Waals surface area (Å²) in [6.07, 6.45) is 4.18. The third kappa shape index (κ3) is 4.53. The maximum absolute atomic E-state index is 12.3. The number of benzene rings is 2. The third-order valence-corrected chi connectivity index (χ3v) is 5.03. The van der Waals surface area contributed by atoms with Crippen LogP contribution < -0.4 is 10.1 Å². The molecule has 7 nitrogen and oxygen atoms in total. The standard InChI is InChI=1S/C19H18N2O5S/c1-25-17-10-14(5-8-16(17)18-11-20-12-26-18)21-19(22)9-13-3-6-15(7-4-13)27(2,23)24/h3-8,10-12H,9H2,1-2H3,(H,21,22). The molecule has 0 bridgehead atoms. The van der Waals surface area contributed by atoms with Crippen molar-refractivity contribution < 1.29 is 22.4 Å². The molecule has 140 valence electrons. The quantitative estimate of drug-likeness (QED) is 0.699. The average molecular weight is 386 g/mol. The maximum Gasteiger partial charge on any atom is 0.228 e. The Morgan fingerprint density at radius 2 is 1.93 bits per heavy atom. The number of methoxy groups -OCH3 is 1. The number of rotatable bonds is 6. The van der Waals surface area contributed by atoms with E-state index >= 15 is 0 Å². The molecule has 1 N–H and O–H groups in total. The van der Waals surface area contributed by atoms with E-state index in [0.717, 1.165) is 11.8 Å². The van der Waals surface area contributed by atoms with Crippen LogP contribution in [0.1, 0.15) is 5.56 Å². The van der Waals surface area contributed by atoms with Crippen LogP contribution in [0.25, 0.3) is 11.3 Å². The van der Waals surface area contributed by atoms with Gasteiger partial charge in [0.25, 0.3) is 0 Å². The molecule has 2 aromatic carbocycles. The molecule has 27 heavy (non-hydrogen) atoms. The third-order valence-electron chi connectivity index (χ3n) is 3.90. The number of nitrogens with one attached hydrogen (secondary N) is 1. The van der Waals surface area contributed by atoms with E-state index in [-0.39, 0.29) is 17.2 Å². The van der Waals surface area contributed by atoms with E-state index in [2.05, 4.69) is 10.3 Å². The summed E-state index contributed by atoms with van der Waals surface area (Å²) in [7, 11) is -1.72. The minimum absolute atomic E-state index is 0.121. The number of nitrogens with zero attached hydrogens (tertiary/aromatic N) is 1. The molecular weight excluding hydrogens is 368 g/mol. The number of carbonyl (C=O) groups excluding carboxylic acids is 1. The van der Waals surface area contributed by atoms with E-state index < -0.39 is 9.84 Å². The Labute approximate surface area is 156 Å². The normalized spacial score (nSPS) is 11.2. The average Bonchev–Trinajstić information content (AvgIpc) is 3.15. The zero-order valence-corrected chi connectivity index (χ0v) is 15.6. The molecule has 0 radical (unpaired) electrons. The van der Waals surface area contributed by atoms with E-state index in [0.29, 0.717) is 22.8 Å². The Hall–Kier alpha value is -3.13. The number of hydrogen-bond donors (Lipinski definition) is 1. The van der Waals surface area contributed by atoms with Gasteiger partial charge in [-0.3, -0.25) is 4.79 Å². The van der Waals surface area contributed by atoms with Crippen LogP contribution in [0.5, 0.6) is 5.75 Å². The predicted octanol–water partition coefficient (Wildman–Crippen LogP) is 2.93. The fraction of sp³-hybridized carbons (Fsp3) is 0.158. The Balaban J connectivity index is 1.71. The molecule has 1 amide bonds. The lowest BCUT2D eigenvalue weighted by atomic mass is 10.1. The maximum atomic E-state index is 12.3. The molecule has 0 fully saturated rings. The zero-order chi connectivity index (χ0) is 19.4. The fourth-order valence-electron chi connectivity index (χ4n) is 2.57. The summed E-state index contributed by atoms with van der Waals surface area (Å²) >= 11 is 0. The number of anilines is 1. The lowest BCUT2D eigenvalue weighted by molar-refractivity contribution is -0.115. The number of aromatic nitrogens is 1. The van der Waals surface area contributed by atoms with Gasteiger partial charge in [0, 0.05) is 18.0 Å². The first-order chi connectivity index (χ1) is 12.9. The second kappa shape index (κ2) is 7.63. The van der Waals surface area contributed by atoms with Crippen molar-refractivity contribution in [2.45, 2.75) is 11.3 Å². The van der Waals surface area contributed by atoms with Gasteiger partial charge in [0.1, 0.15) is 5.75 Å². The van der Waals surface area contributed by atoms with Crippen molar-refractivity contribution in [1.82, 2.24) is 4.98 Å². The fourth-order valence-corrected chi connectivity index (χ4v) is 3.20. The summed E-state index contributed by atoms with van der Waals surface area (Å²) in [5.41, 5.74) is 2.02. The van der Waals surface area contributed by atoms with Gasteiger partial charge in [-0.1, -0.05) is 12.1 Å². The van der Waals surface area contributed by atoms with Gasteiger partial charge in [-0.15, -0.1) is 0 Å². The van der Waals surface area contributed by atoms with E-state index in [1.54, 1.807) is 36.5 Å². The minimum atomic E-state index is -3.25. The van der Waals surface area contributed by atoms with Crippen LogP contribution in [0.3, 0.4) is 0 Å². The largest absolute Gasteiger partial charge is 0.496 e. The highest BCUT2D eigenvalue weighted by Gasteiger charge is 2.12. The summed E-state index contributed by atoms with van der Waals surface area (Å²) in [6, 6.07) is 11.5. The topological polar surface area (TPSA) is 98.5 Å². The van der Waals surface area contributed by atoms with E-state index in [1.807, 2.05) is 0 Å². The molecule has 0 aliphatic heterocycles. The molecule has 1 aromatic heterocycles. The molecule has 0 spiro atoms. The highest BCUT2D eigenvalue weighted by Crippen LogP contribution is 2.32. The van der Waals surface area contributed by atoms with Gasteiger partial charge >= 0.3 is 0 Å². The van der Waals surface area contributed by atoms with Crippen LogP contribution in [0.4, 0.5) is 5.69 Å². The number of sulfone groups is 1. The minimum Gasteiger partial charge on any atom is -0.496 e. The van der Waals surface area contributed by atoms with Gasteiger partial charge in [0.05, 0.1) is 30.2 Å². The molecule has 8 heteroatoms. The highest BCUT2D eigenvalue weighted by atomic mass is 32.2. The molecule has 0 saturated heterocycles. The molecular formula is C19H18N2O5S. The number of oxazole rings is 1. The molecule has 0 atom stereocenters. The molecule has 0 aliphatic carbocycles. The predicted molar refractivity (Wildman–Crippen MR) is 100 cm³/mol. The van der Waals surface area contributed by atoms with Gasteiger partial charge in [0.15, 0.2) is 22.0 Å². The van der Waals surface area contributed by atoms with Crippen molar-refractivity contribution in [1.29, 1.82) is 0 Å². The van der Waals surface area contributed by atoms with E-state index in [4.69, 9.17) is 9.15 Å². The van der Waals surface area contributed by atoms with Gasteiger partial charge < -0.3 is 14.5 Å². The van der Waals surface area contributed by atoms with Crippen LogP contribution in [0.15, 0.2) is 64.4 Å². The summed E-state index contributed by atoms with van der Waals surface area (Å²) in [5.74, 6) is 0.884. The first-order valence-electron chi connectivity index (χ1n) is 8.02. The number of carbonyl (C=O) groups is 1. The summed E-state index contributed by atoms with van der Waals surface area (Å²) in [4.78, 5) is 16.4. The van der Waals surface area contributed by atoms with Crippen molar-refractivity contribution in [3.05, 3.63) is 60.6 Å². The van der Waals surface area contributed by atoms with Crippen LogP contribution >= 0.6 is 0 Å². The van der Waals surface area contributed by atoms with Crippen molar-refractivity contribution >= 4 is 21.4 Å². The smallest absolute Gasteiger partial charge is 0.228 e. The van der Waals surface area contributed by atoms with Crippen molar-refractivity contribution in [2.75, 3.05) is 18.7 Å². The van der Waals surface area contributed by atoms with Gasteiger partial charge in [0.2, 0.25) is 5.91 Å². The van der Waals surface area contributed by atoms with Crippen LogP contribution in [-0.4, -0.2) is 32.7 Å². The molecule has 0 saturated carbocycles. The Morgan fingerprint density at radius 3 is 2.52 bits per heavy atom. The van der Waals surface area contributed by atoms with Crippen molar-refractivity contribution in [2.24, 2.45) is 0 Å². The lowest BCUT2D eigenvalue weighted by Gasteiger charge is -2.10. The van der Waals surface area contributed by atoms with E-state index in [9.17, 15) is 13.2 Å². The Morgan fingerprint density at radius 1 is 1.19 bits per heavy atom. The second-order valence-corrected chi connectivity index (χ2v) is 7.94. The van der Waals surface area contributed by atoms with Crippen molar-refractivity contribution in [3.8, 4) is 17.1 Å². The van der Waals surface area contributed by atoms with Crippen molar-refractivity contribution in [3.63, 3.8) is 0 Å². The van der Waals surface area contributed by atoms with Gasteiger partial charge in [-0.2, -0.15) is 0 Å². The molecule has 0 aliphatic rings. The molecule has 3 rings (SSSR count). The van der Waals surface area contributed by atoms with Gasteiger partial charge in [-0.05, 0) is 29.8 Å². The molecule has 1 heterocycles. The second-order valence-electron chi connectivity index (χ2n) is 5.92. The lowest BCUT2D eigenvalue weighted by Crippen LogP contribution is -2.14. The van der Waals surface area contributed by atoms with Crippen LogP contribution in [0, 0.1) is 0 Å². The number of amides is 1. The highest BCUT2D eigenvalue weighted by molar-refractivity contribution is 7.90. The molecule has 3 aromatic rings. The first-order valence-corrected chi connectivity index (χ1v) is 9.92. The number of ether oxygens (including phenoxy) is 1. The van der Waals surface area contributed by atoms with Gasteiger partial charge in [-0.25, -0.2) is 13.4 Å². The number of hydrogen-bond acceptors (Lipinski definition) is 6. The van der Waals surface area contributed by atoms with Crippen LogP contribution in [0.2, 0.25) is 0 Å². The van der Waals surface area contributed by atoms with E-state index in [1.165, 1.54) is 25.6 Å². The summed E-state index contributed by atoms with van der Waals surface area (Å²) in [6.45, 7) is 0. The zero-order valence-electron chi connectivity index (χ0n) is 14.8. The SMILES string of the molecule is COc1cc(NC(=O)Cc2ccc(S(C)(=O)=O)cc2)ccc1-c1cnco1. The monoisotopic (exact) mass is 386 g/mol. The Bertz CT molecular complexity index is 1040. The first kappa shape index (κ1) is 18.7. The summed E-state index contributed by atoms with van der Waals surface area (Å²) < 4.78 is 33.6. The Kier molecular flexibility index (Phi) is 5.27. The summed E-state index contributed by atoms with van der Waals surface area (Å²) in [5, 5.41) is 2.80. The van der Waals surface area contributed by atoms with Crippen LogP contribution in [-0.2, 0) is 21.1 Å².